The minimum absolute atomic E-state index is 0.0793. The quantitative estimate of drug-likeness (QED) is 0.771. The third-order valence-electron chi connectivity index (χ3n) is 3.25. The number of amides is 1. The average Bonchev–Trinajstić information content (AvgIpc) is 2.52. The minimum atomic E-state index is -0.0793. The standard InChI is InChI=1S/C18H23N3O/c1-14(2)21-17-16(11-7-12-19-17)18(22)20-13-6-10-15-8-4-3-5-9-15/h3-5,7-9,11-12,14H,6,10,13H2,1-2H3,(H,19,21)(H,20,22). The summed E-state index contributed by atoms with van der Waals surface area (Å²) in [5, 5.41) is 6.16. The number of pyridine rings is 1. The van der Waals surface area contributed by atoms with E-state index in [1.807, 2.05) is 32.0 Å². The number of rotatable bonds is 7. The Balaban J connectivity index is 1.85. The predicted octanol–water partition coefficient (Wildman–Crippen LogP) is 3.26. The Kier molecular flexibility index (Phi) is 5.95. The number of hydrogen-bond donors (Lipinski definition) is 2. The summed E-state index contributed by atoms with van der Waals surface area (Å²) >= 11 is 0. The monoisotopic (exact) mass is 297 g/mol. The highest BCUT2D eigenvalue weighted by molar-refractivity contribution is 5.98. The van der Waals surface area contributed by atoms with Gasteiger partial charge in [0, 0.05) is 18.8 Å². The van der Waals surface area contributed by atoms with Gasteiger partial charge in [-0.15, -0.1) is 0 Å². The molecule has 2 rings (SSSR count). The fraction of sp³-hybridized carbons (Fsp3) is 0.333. The maximum absolute atomic E-state index is 12.3. The van der Waals surface area contributed by atoms with E-state index < -0.39 is 0 Å². The molecule has 4 nitrogen and oxygen atoms in total. The highest BCUT2D eigenvalue weighted by Crippen LogP contribution is 2.12. The van der Waals surface area contributed by atoms with Crippen LogP contribution in [0.15, 0.2) is 48.7 Å². The lowest BCUT2D eigenvalue weighted by Crippen LogP contribution is -2.26. The van der Waals surface area contributed by atoms with Crippen molar-refractivity contribution in [3.05, 3.63) is 59.8 Å². The lowest BCUT2D eigenvalue weighted by atomic mass is 10.1. The first-order valence-corrected chi connectivity index (χ1v) is 7.70. The molecule has 0 unspecified atom stereocenters. The topological polar surface area (TPSA) is 54.0 Å². The van der Waals surface area contributed by atoms with Crippen LogP contribution in [0.4, 0.5) is 5.82 Å². The Morgan fingerprint density at radius 3 is 2.64 bits per heavy atom. The zero-order valence-corrected chi connectivity index (χ0v) is 13.2. The molecule has 0 aliphatic carbocycles. The molecule has 0 spiro atoms. The molecule has 0 fully saturated rings. The largest absolute Gasteiger partial charge is 0.367 e. The molecule has 4 heteroatoms. The van der Waals surface area contributed by atoms with Gasteiger partial charge in [0.1, 0.15) is 5.82 Å². The van der Waals surface area contributed by atoms with Crippen molar-refractivity contribution in [1.82, 2.24) is 10.3 Å². The molecule has 1 amide bonds. The number of hydrogen-bond acceptors (Lipinski definition) is 3. The van der Waals surface area contributed by atoms with Gasteiger partial charge in [0.05, 0.1) is 5.56 Å². The Morgan fingerprint density at radius 1 is 1.14 bits per heavy atom. The summed E-state index contributed by atoms with van der Waals surface area (Å²) in [5.74, 6) is 0.558. The van der Waals surface area contributed by atoms with Crippen molar-refractivity contribution < 1.29 is 4.79 Å². The third-order valence-corrected chi connectivity index (χ3v) is 3.25. The molecule has 1 aromatic heterocycles. The minimum Gasteiger partial charge on any atom is -0.367 e. The van der Waals surface area contributed by atoms with E-state index in [2.05, 4.69) is 27.8 Å². The first kappa shape index (κ1) is 16.0. The molecule has 22 heavy (non-hydrogen) atoms. The number of aryl methyl sites for hydroxylation is 1. The van der Waals surface area contributed by atoms with Crippen molar-refractivity contribution in [3.63, 3.8) is 0 Å². The Morgan fingerprint density at radius 2 is 1.91 bits per heavy atom. The van der Waals surface area contributed by atoms with Gasteiger partial charge < -0.3 is 10.6 Å². The number of anilines is 1. The number of nitrogens with one attached hydrogen (secondary N) is 2. The molecule has 0 atom stereocenters. The van der Waals surface area contributed by atoms with Gasteiger partial charge in [-0.2, -0.15) is 0 Å². The van der Waals surface area contributed by atoms with Crippen LogP contribution < -0.4 is 10.6 Å². The van der Waals surface area contributed by atoms with Crippen LogP contribution in [0, 0.1) is 0 Å². The molecule has 0 saturated carbocycles. The van der Waals surface area contributed by atoms with Crippen LogP contribution in [-0.2, 0) is 6.42 Å². The van der Waals surface area contributed by atoms with Crippen LogP contribution in [0.1, 0.15) is 36.2 Å². The lowest BCUT2D eigenvalue weighted by Gasteiger charge is -2.13. The van der Waals surface area contributed by atoms with Crippen LogP contribution in [0.2, 0.25) is 0 Å². The molecule has 0 bridgehead atoms. The smallest absolute Gasteiger partial charge is 0.255 e. The molecule has 2 N–H and O–H groups in total. The van der Waals surface area contributed by atoms with E-state index in [4.69, 9.17) is 0 Å². The van der Waals surface area contributed by atoms with Gasteiger partial charge in [-0.3, -0.25) is 4.79 Å². The van der Waals surface area contributed by atoms with Crippen molar-refractivity contribution in [2.75, 3.05) is 11.9 Å². The second-order valence-corrected chi connectivity index (χ2v) is 5.54. The normalized spacial score (nSPS) is 10.5. The summed E-state index contributed by atoms with van der Waals surface area (Å²) in [6, 6.07) is 14.1. The van der Waals surface area contributed by atoms with Crippen LogP contribution >= 0.6 is 0 Å². The Hall–Kier alpha value is -2.36. The van der Waals surface area contributed by atoms with E-state index in [9.17, 15) is 4.79 Å². The molecular weight excluding hydrogens is 274 g/mol. The van der Waals surface area contributed by atoms with Gasteiger partial charge in [0.25, 0.3) is 5.91 Å². The maximum Gasteiger partial charge on any atom is 0.255 e. The zero-order chi connectivity index (χ0) is 15.8. The van der Waals surface area contributed by atoms with E-state index in [1.54, 1.807) is 18.3 Å². The number of aromatic nitrogens is 1. The molecule has 0 saturated heterocycles. The van der Waals surface area contributed by atoms with E-state index in [-0.39, 0.29) is 11.9 Å². The van der Waals surface area contributed by atoms with Gasteiger partial charge >= 0.3 is 0 Å². The number of carbonyl (C=O) groups is 1. The fourth-order valence-electron chi connectivity index (χ4n) is 2.21. The molecule has 0 aliphatic heterocycles. The molecule has 116 valence electrons. The summed E-state index contributed by atoms with van der Waals surface area (Å²) in [7, 11) is 0. The molecule has 0 radical (unpaired) electrons. The van der Waals surface area contributed by atoms with Crippen LogP contribution in [0.5, 0.6) is 0 Å². The molecule has 0 aliphatic rings. The SMILES string of the molecule is CC(C)Nc1ncccc1C(=O)NCCCc1ccccc1. The van der Waals surface area contributed by atoms with Crippen LogP contribution in [0.25, 0.3) is 0 Å². The molecule has 2 aromatic rings. The molecule has 1 aromatic carbocycles. The van der Waals surface area contributed by atoms with Gasteiger partial charge in [-0.05, 0) is 44.4 Å². The van der Waals surface area contributed by atoms with Gasteiger partial charge in [-0.1, -0.05) is 30.3 Å². The van der Waals surface area contributed by atoms with E-state index in [0.29, 0.717) is 17.9 Å². The first-order chi connectivity index (χ1) is 10.7. The van der Waals surface area contributed by atoms with Crippen molar-refractivity contribution in [2.24, 2.45) is 0 Å². The maximum atomic E-state index is 12.3. The lowest BCUT2D eigenvalue weighted by molar-refractivity contribution is 0.0953. The van der Waals surface area contributed by atoms with Crippen molar-refractivity contribution in [2.45, 2.75) is 32.7 Å². The highest BCUT2D eigenvalue weighted by Gasteiger charge is 2.12. The van der Waals surface area contributed by atoms with Crippen molar-refractivity contribution in [1.29, 1.82) is 0 Å². The highest BCUT2D eigenvalue weighted by atomic mass is 16.1. The van der Waals surface area contributed by atoms with Gasteiger partial charge in [-0.25, -0.2) is 4.98 Å². The molecular formula is C18H23N3O. The van der Waals surface area contributed by atoms with E-state index in [0.717, 1.165) is 12.8 Å². The summed E-state index contributed by atoms with van der Waals surface area (Å²) in [5.41, 5.74) is 1.89. The first-order valence-electron chi connectivity index (χ1n) is 7.70. The Labute approximate surface area is 132 Å². The summed E-state index contributed by atoms with van der Waals surface area (Å²) in [4.78, 5) is 16.5. The van der Waals surface area contributed by atoms with Crippen molar-refractivity contribution >= 4 is 11.7 Å². The van der Waals surface area contributed by atoms with E-state index >= 15 is 0 Å². The second-order valence-electron chi connectivity index (χ2n) is 5.54. The third kappa shape index (κ3) is 4.88. The Bertz CT molecular complexity index is 596. The fourth-order valence-corrected chi connectivity index (χ4v) is 2.21. The number of nitrogens with zero attached hydrogens (tertiary/aromatic N) is 1. The van der Waals surface area contributed by atoms with Crippen LogP contribution in [0.3, 0.4) is 0 Å². The van der Waals surface area contributed by atoms with Gasteiger partial charge in [0.15, 0.2) is 0 Å². The van der Waals surface area contributed by atoms with Crippen LogP contribution in [-0.4, -0.2) is 23.5 Å². The van der Waals surface area contributed by atoms with E-state index in [1.165, 1.54) is 5.56 Å². The summed E-state index contributed by atoms with van der Waals surface area (Å²) < 4.78 is 0. The summed E-state index contributed by atoms with van der Waals surface area (Å²) in [6.45, 7) is 4.70. The predicted molar refractivity (Wildman–Crippen MR) is 90.1 cm³/mol. The number of benzene rings is 1. The molecule has 1 heterocycles. The van der Waals surface area contributed by atoms with Gasteiger partial charge in [0.2, 0.25) is 0 Å². The van der Waals surface area contributed by atoms with Crippen molar-refractivity contribution in [3.8, 4) is 0 Å². The summed E-state index contributed by atoms with van der Waals surface area (Å²) in [6.07, 6.45) is 3.57. The second kappa shape index (κ2) is 8.17. The average molecular weight is 297 g/mol. The number of carbonyl (C=O) groups excluding carboxylic acids is 1. The zero-order valence-electron chi connectivity index (χ0n) is 13.2.